The first-order chi connectivity index (χ1) is 17.2. The van der Waals surface area contributed by atoms with Crippen LogP contribution in [0.15, 0.2) is 28.7 Å². The molecule has 0 radical (unpaired) electrons. The van der Waals surface area contributed by atoms with Gasteiger partial charge in [-0.1, -0.05) is 6.07 Å². The number of ether oxygens (including phenoxy) is 3. The largest absolute Gasteiger partial charge is 0.496 e. The zero-order chi connectivity index (χ0) is 25.7. The average Bonchev–Trinajstić information content (AvgIpc) is 3.33. The molecule has 3 saturated heterocycles. The molecular weight excluding hydrogens is 462 g/mol. The van der Waals surface area contributed by atoms with Crippen LogP contribution in [0, 0.1) is 25.2 Å². The van der Waals surface area contributed by atoms with E-state index in [0.29, 0.717) is 29.1 Å². The normalized spacial score (nSPS) is 35.3. The number of aliphatic hydroxyl groups excluding tert-OH is 1. The zero-order valence-electron chi connectivity index (χ0n) is 21.2. The summed E-state index contributed by atoms with van der Waals surface area (Å²) < 4.78 is 17.1. The van der Waals surface area contributed by atoms with Crippen molar-refractivity contribution in [2.24, 2.45) is 0 Å². The number of likely N-dealkylation sites (N-methyl/N-ethyl adjacent to an activating group) is 1. The molecule has 0 saturated carbocycles. The lowest BCUT2D eigenvalue weighted by molar-refractivity contribution is -0.150. The van der Waals surface area contributed by atoms with Crippen molar-refractivity contribution in [2.75, 3.05) is 27.6 Å². The van der Waals surface area contributed by atoms with Crippen molar-refractivity contribution < 1.29 is 29.2 Å². The van der Waals surface area contributed by atoms with Gasteiger partial charge in [0.25, 0.3) is 0 Å². The molecule has 2 bridgehead atoms. The molecule has 190 valence electrons. The maximum Gasteiger partial charge on any atom is 0.231 e. The van der Waals surface area contributed by atoms with Crippen molar-refractivity contribution in [3.8, 4) is 11.8 Å². The van der Waals surface area contributed by atoms with Crippen LogP contribution in [0.4, 0.5) is 0 Å². The maximum atomic E-state index is 13.6. The quantitative estimate of drug-likeness (QED) is 0.631. The number of piperidine rings is 1. The van der Waals surface area contributed by atoms with E-state index in [1.54, 1.807) is 14.0 Å². The highest BCUT2D eigenvalue weighted by Crippen LogP contribution is 2.55. The number of ketones is 1. The molecule has 6 atom stereocenters. The van der Waals surface area contributed by atoms with Crippen molar-refractivity contribution in [1.82, 2.24) is 9.80 Å². The van der Waals surface area contributed by atoms with Crippen LogP contribution in [0.25, 0.3) is 0 Å². The summed E-state index contributed by atoms with van der Waals surface area (Å²) in [5, 5.41) is 33.2. The van der Waals surface area contributed by atoms with Gasteiger partial charge in [-0.3, -0.25) is 14.6 Å². The second-order valence-electron chi connectivity index (χ2n) is 10.6. The number of nitriles is 1. The van der Waals surface area contributed by atoms with E-state index in [2.05, 4.69) is 17.0 Å². The first kappa shape index (κ1) is 23.5. The number of piperazine rings is 1. The number of aryl methyl sites for hydroxylation is 1. The van der Waals surface area contributed by atoms with Crippen molar-refractivity contribution in [2.45, 2.75) is 69.4 Å². The Labute approximate surface area is 210 Å². The highest BCUT2D eigenvalue weighted by molar-refractivity contribution is 6.06. The summed E-state index contributed by atoms with van der Waals surface area (Å²) in [6.45, 7) is 5.27. The van der Waals surface area contributed by atoms with Crippen LogP contribution in [0.1, 0.15) is 41.6 Å². The third-order valence-corrected chi connectivity index (χ3v) is 9.03. The second kappa shape index (κ2) is 7.80. The molecule has 2 unspecified atom stereocenters. The Hall–Kier alpha value is -2.90. The summed E-state index contributed by atoms with van der Waals surface area (Å²) in [7, 11) is 3.67. The van der Waals surface area contributed by atoms with Gasteiger partial charge < -0.3 is 24.4 Å². The molecule has 4 aliphatic heterocycles. The Balaban J connectivity index is 1.60. The molecule has 3 fully saturated rings. The minimum atomic E-state index is -1.86. The second-order valence-corrected chi connectivity index (χ2v) is 10.6. The lowest BCUT2D eigenvalue weighted by Crippen LogP contribution is -2.74. The van der Waals surface area contributed by atoms with Gasteiger partial charge in [0.15, 0.2) is 22.9 Å². The molecule has 5 aliphatic rings. The average molecular weight is 494 g/mol. The third kappa shape index (κ3) is 2.70. The van der Waals surface area contributed by atoms with Gasteiger partial charge in [0.2, 0.25) is 6.79 Å². The van der Waals surface area contributed by atoms with Crippen LogP contribution in [0.3, 0.4) is 0 Å². The Morgan fingerprint density at radius 2 is 1.97 bits per heavy atom. The highest BCUT2D eigenvalue weighted by atomic mass is 16.7. The number of Topliss-reactive ketones (excluding diaryl/α,β-unsaturated/α-hetero) is 1. The molecule has 0 spiro atoms. The molecular formula is C27H31N3O6. The van der Waals surface area contributed by atoms with Gasteiger partial charge in [0.1, 0.15) is 11.8 Å². The number of hydrogen-bond acceptors (Lipinski definition) is 9. The molecule has 9 nitrogen and oxygen atoms in total. The number of hydrogen-bond donors (Lipinski definition) is 2. The number of carbonyl (C=O) groups excluding carboxylic acids is 1. The van der Waals surface area contributed by atoms with Gasteiger partial charge in [-0.05, 0) is 56.5 Å². The van der Waals surface area contributed by atoms with E-state index in [0.717, 1.165) is 28.0 Å². The van der Waals surface area contributed by atoms with Gasteiger partial charge in [-0.2, -0.15) is 5.26 Å². The fourth-order valence-electron chi connectivity index (χ4n) is 7.65. The van der Waals surface area contributed by atoms with E-state index in [1.165, 1.54) is 0 Å². The van der Waals surface area contributed by atoms with E-state index in [9.17, 15) is 20.3 Å². The number of methoxy groups -OCH3 is 1. The smallest absolute Gasteiger partial charge is 0.231 e. The molecule has 4 heterocycles. The maximum absolute atomic E-state index is 13.6. The third-order valence-electron chi connectivity index (χ3n) is 9.03. The van der Waals surface area contributed by atoms with Crippen LogP contribution in [-0.4, -0.2) is 83.1 Å². The van der Waals surface area contributed by atoms with Crippen molar-refractivity contribution in [3.05, 3.63) is 51.0 Å². The van der Waals surface area contributed by atoms with Crippen LogP contribution in [0.2, 0.25) is 0 Å². The summed E-state index contributed by atoms with van der Waals surface area (Å²) >= 11 is 0. The Morgan fingerprint density at radius 1 is 1.25 bits per heavy atom. The summed E-state index contributed by atoms with van der Waals surface area (Å²) in [5.41, 5.74) is 3.10. The summed E-state index contributed by atoms with van der Waals surface area (Å²) in [4.78, 5) is 17.9. The fourth-order valence-corrected chi connectivity index (χ4v) is 7.65. The number of aliphatic hydroxyl groups is 2. The highest BCUT2D eigenvalue weighted by Gasteiger charge is 2.64. The monoisotopic (exact) mass is 493 g/mol. The van der Waals surface area contributed by atoms with E-state index >= 15 is 0 Å². The van der Waals surface area contributed by atoms with Crippen LogP contribution < -0.4 is 4.74 Å². The lowest BCUT2D eigenvalue weighted by Gasteiger charge is -2.62. The lowest BCUT2D eigenvalue weighted by atomic mass is 9.64. The number of nitrogens with zero attached hydrogens (tertiary/aromatic N) is 3. The Kier molecular flexibility index (Phi) is 5.09. The molecule has 9 heteroatoms. The van der Waals surface area contributed by atoms with Crippen LogP contribution in [0.5, 0.6) is 5.75 Å². The predicted octanol–water partition coefficient (Wildman–Crippen LogP) is 1.40. The van der Waals surface area contributed by atoms with Gasteiger partial charge in [-0.15, -0.1) is 0 Å². The molecule has 1 aliphatic carbocycles. The van der Waals surface area contributed by atoms with Crippen molar-refractivity contribution in [1.29, 1.82) is 5.26 Å². The molecule has 36 heavy (non-hydrogen) atoms. The molecule has 1 aromatic rings. The molecule has 0 amide bonds. The minimum Gasteiger partial charge on any atom is -0.496 e. The van der Waals surface area contributed by atoms with E-state index in [-0.39, 0.29) is 31.9 Å². The fraction of sp³-hybridized carbons (Fsp3) is 0.556. The first-order valence-electron chi connectivity index (χ1n) is 12.3. The predicted molar refractivity (Wildman–Crippen MR) is 128 cm³/mol. The van der Waals surface area contributed by atoms with Crippen molar-refractivity contribution >= 4 is 5.78 Å². The van der Waals surface area contributed by atoms with Crippen LogP contribution >= 0.6 is 0 Å². The summed E-state index contributed by atoms with van der Waals surface area (Å²) in [6, 6.07) is 2.57. The Morgan fingerprint density at radius 3 is 2.64 bits per heavy atom. The molecule has 2 N–H and O–H groups in total. The topological polar surface area (TPSA) is 115 Å². The summed E-state index contributed by atoms with van der Waals surface area (Å²) in [6.07, 6.45) is 0.747. The minimum absolute atomic E-state index is 0.0577. The zero-order valence-corrected chi connectivity index (χ0v) is 21.2. The standard InChI is InChI=1S/C27H31N3O6/c1-12-6-15-7-16-18(9-28)30-17(22(29(16)4)20(15)13(2)23(12)34-5)8-27(33)21(19(30)10-31)25-24(35-11-36-25)14(3)26(27)32/h6,16-19,22,31,33H,7-8,10-11H2,1-5H3/t16-,17?,18+,19+,22+,27?/m1/s1. The molecule has 0 aromatic heterocycles. The first-order valence-corrected chi connectivity index (χ1v) is 12.3. The molecule has 1 aromatic carbocycles. The molecule has 6 rings (SSSR count). The van der Waals surface area contributed by atoms with E-state index in [1.807, 2.05) is 25.8 Å². The number of rotatable bonds is 2. The summed E-state index contributed by atoms with van der Waals surface area (Å²) in [5.74, 6) is 1.02. The SMILES string of the molecule is COc1c(C)cc2c(c1C)[C@@H]1C3CC4(O)C(=O)C(C)=C5OCOC5=C4[C@H](CO)N3[C@@H](C#N)[C@@H](C2)N1C. The number of carbonyl (C=O) groups is 1. The van der Waals surface area contributed by atoms with Gasteiger partial charge in [-0.25, -0.2) is 0 Å². The van der Waals surface area contributed by atoms with Crippen LogP contribution in [-0.2, 0) is 20.7 Å². The van der Waals surface area contributed by atoms with Crippen molar-refractivity contribution in [3.63, 3.8) is 0 Å². The van der Waals surface area contributed by atoms with Gasteiger partial charge in [0, 0.05) is 29.7 Å². The van der Waals surface area contributed by atoms with Gasteiger partial charge in [0.05, 0.1) is 31.9 Å². The van der Waals surface area contributed by atoms with Gasteiger partial charge >= 0.3 is 0 Å². The van der Waals surface area contributed by atoms with E-state index < -0.39 is 29.5 Å². The Bertz CT molecular complexity index is 1300. The number of fused-ring (bicyclic) bond motifs is 8. The number of benzene rings is 1. The van der Waals surface area contributed by atoms with E-state index in [4.69, 9.17) is 14.2 Å².